The lowest BCUT2D eigenvalue weighted by Crippen LogP contribution is -2.38. The molecule has 0 spiro atoms. The van der Waals surface area contributed by atoms with Gasteiger partial charge in [-0.15, -0.1) is 10.2 Å². The number of benzene rings is 2. The number of hydrogen-bond acceptors (Lipinski definition) is 7. The van der Waals surface area contributed by atoms with Crippen molar-refractivity contribution in [3.8, 4) is 0 Å². The normalized spacial score (nSPS) is 11.5. The van der Waals surface area contributed by atoms with Gasteiger partial charge in [0.05, 0.1) is 10.6 Å². The first kappa shape index (κ1) is 22.5. The van der Waals surface area contributed by atoms with Gasteiger partial charge in [0.25, 0.3) is 10.0 Å². The molecule has 158 valence electrons. The van der Waals surface area contributed by atoms with Crippen molar-refractivity contribution in [3.63, 3.8) is 0 Å². The van der Waals surface area contributed by atoms with Crippen LogP contribution in [0.5, 0.6) is 0 Å². The summed E-state index contributed by atoms with van der Waals surface area (Å²) in [4.78, 5) is 12.7. The minimum atomic E-state index is -3.97. The van der Waals surface area contributed by atoms with Gasteiger partial charge < -0.3 is 0 Å². The summed E-state index contributed by atoms with van der Waals surface area (Å²) in [6.45, 7) is 3.64. The van der Waals surface area contributed by atoms with Crippen LogP contribution in [0.15, 0.2) is 63.8 Å². The van der Waals surface area contributed by atoms with E-state index in [1.807, 2.05) is 13.8 Å². The van der Waals surface area contributed by atoms with E-state index in [0.717, 1.165) is 8.64 Å². The maximum atomic E-state index is 13.2. The molecular formula is C19H19ClN4O3S3. The van der Waals surface area contributed by atoms with Crippen LogP contribution in [0.4, 0.5) is 10.8 Å². The summed E-state index contributed by atoms with van der Waals surface area (Å²) < 4.78 is 28.2. The number of halogens is 1. The Balaban J connectivity index is 1.84. The topological polar surface area (TPSA) is 92.3 Å². The number of anilines is 2. The number of sulfonamides is 1. The number of nitrogens with zero attached hydrogens (tertiary/aromatic N) is 3. The molecule has 3 aromatic rings. The SMILES string of the molecule is CC(C)Sc1nnc(NC(=O)CN(c2ccc(Cl)cc2)S(=O)(=O)c2ccccc2)s1. The van der Waals surface area contributed by atoms with Crippen molar-refractivity contribution in [1.29, 1.82) is 0 Å². The number of aromatic nitrogens is 2. The molecule has 0 saturated carbocycles. The Morgan fingerprint density at radius 2 is 1.80 bits per heavy atom. The summed E-state index contributed by atoms with van der Waals surface area (Å²) >= 11 is 8.71. The van der Waals surface area contributed by atoms with E-state index in [9.17, 15) is 13.2 Å². The Morgan fingerprint density at radius 3 is 2.43 bits per heavy atom. The van der Waals surface area contributed by atoms with Gasteiger partial charge in [0.2, 0.25) is 11.0 Å². The van der Waals surface area contributed by atoms with Crippen LogP contribution in [0.2, 0.25) is 5.02 Å². The quantitative estimate of drug-likeness (QED) is 0.374. The van der Waals surface area contributed by atoms with E-state index < -0.39 is 22.5 Å². The van der Waals surface area contributed by atoms with Gasteiger partial charge in [-0.25, -0.2) is 8.42 Å². The van der Waals surface area contributed by atoms with Crippen molar-refractivity contribution in [2.75, 3.05) is 16.2 Å². The van der Waals surface area contributed by atoms with E-state index >= 15 is 0 Å². The molecule has 1 N–H and O–H groups in total. The molecule has 30 heavy (non-hydrogen) atoms. The van der Waals surface area contributed by atoms with Crippen LogP contribution >= 0.6 is 34.7 Å². The van der Waals surface area contributed by atoms with Gasteiger partial charge in [-0.05, 0) is 36.4 Å². The Bertz CT molecular complexity index is 1100. The van der Waals surface area contributed by atoms with E-state index in [0.29, 0.717) is 21.1 Å². The molecule has 0 atom stereocenters. The number of carbonyl (C=O) groups is 1. The highest BCUT2D eigenvalue weighted by molar-refractivity contribution is 8.01. The van der Waals surface area contributed by atoms with Crippen LogP contribution in [-0.2, 0) is 14.8 Å². The number of nitrogens with one attached hydrogen (secondary N) is 1. The molecule has 1 aromatic heterocycles. The van der Waals surface area contributed by atoms with E-state index in [1.165, 1.54) is 35.2 Å². The fourth-order valence-corrected chi connectivity index (χ4v) is 6.00. The van der Waals surface area contributed by atoms with Gasteiger partial charge in [-0.2, -0.15) is 0 Å². The molecule has 0 saturated heterocycles. The summed E-state index contributed by atoms with van der Waals surface area (Å²) in [6, 6.07) is 14.2. The molecular weight excluding hydrogens is 464 g/mol. The van der Waals surface area contributed by atoms with Crippen LogP contribution in [0.25, 0.3) is 0 Å². The first-order chi connectivity index (χ1) is 14.3. The van der Waals surface area contributed by atoms with Crippen LogP contribution in [0.1, 0.15) is 13.8 Å². The van der Waals surface area contributed by atoms with Crippen LogP contribution in [-0.4, -0.2) is 36.3 Å². The summed E-state index contributed by atoms with van der Waals surface area (Å²) in [7, 11) is -3.97. The molecule has 0 radical (unpaired) electrons. The van der Waals surface area contributed by atoms with Crippen molar-refractivity contribution in [3.05, 3.63) is 59.6 Å². The van der Waals surface area contributed by atoms with E-state index in [2.05, 4.69) is 15.5 Å². The zero-order valence-electron chi connectivity index (χ0n) is 16.1. The zero-order chi connectivity index (χ0) is 21.7. The lowest BCUT2D eigenvalue weighted by Gasteiger charge is -2.24. The van der Waals surface area contributed by atoms with Crippen LogP contribution in [0, 0.1) is 0 Å². The minimum absolute atomic E-state index is 0.0827. The molecule has 11 heteroatoms. The first-order valence-corrected chi connectivity index (χ1v) is 12.4. The maximum Gasteiger partial charge on any atom is 0.264 e. The van der Waals surface area contributed by atoms with Crippen molar-refractivity contribution >= 4 is 61.4 Å². The largest absolute Gasteiger partial charge is 0.299 e. The monoisotopic (exact) mass is 482 g/mol. The van der Waals surface area contributed by atoms with Crippen LogP contribution in [0.3, 0.4) is 0 Å². The number of hydrogen-bond donors (Lipinski definition) is 1. The van der Waals surface area contributed by atoms with E-state index in [1.54, 1.807) is 42.5 Å². The lowest BCUT2D eigenvalue weighted by atomic mass is 10.3. The van der Waals surface area contributed by atoms with Gasteiger partial charge >= 0.3 is 0 Å². The molecule has 3 rings (SSSR count). The van der Waals surface area contributed by atoms with E-state index in [4.69, 9.17) is 11.6 Å². The summed E-state index contributed by atoms with van der Waals surface area (Å²) in [5.41, 5.74) is 0.326. The third-order valence-electron chi connectivity index (χ3n) is 3.72. The van der Waals surface area contributed by atoms with Crippen molar-refractivity contribution in [2.24, 2.45) is 0 Å². The summed E-state index contributed by atoms with van der Waals surface area (Å²) in [5, 5.41) is 11.7. The van der Waals surface area contributed by atoms with Gasteiger partial charge in [0, 0.05) is 10.3 Å². The van der Waals surface area contributed by atoms with Crippen molar-refractivity contribution < 1.29 is 13.2 Å². The maximum absolute atomic E-state index is 13.2. The van der Waals surface area contributed by atoms with Gasteiger partial charge in [0.15, 0.2) is 4.34 Å². The Labute approximate surface area is 188 Å². The zero-order valence-corrected chi connectivity index (χ0v) is 19.4. The lowest BCUT2D eigenvalue weighted by molar-refractivity contribution is -0.114. The molecule has 0 aliphatic rings. The Kier molecular flexibility index (Phi) is 7.35. The molecule has 0 unspecified atom stereocenters. The molecule has 0 fully saturated rings. The van der Waals surface area contributed by atoms with Gasteiger partial charge in [-0.3, -0.25) is 14.4 Å². The second-order valence-electron chi connectivity index (χ2n) is 6.39. The molecule has 7 nitrogen and oxygen atoms in total. The minimum Gasteiger partial charge on any atom is -0.299 e. The van der Waals surface area contributed by atoms with Crippen molar-refractivity contribution in [1.82, 2.24) is 10.2 Å². The summed E-state index contributed by atoms with van der Waals surface area (Å²) in [5.74, 6) is -0.526. The van der Waals surface area contributed by atoms with Crippen molar-refractivity contribution in [2.45, 2.75) is 28.3 Å². The number of rotatable bonds is 8. The molecule has 0 aliphatic carbocycles. The third kappa shape index (κ3) is 5.72. The van der Waals surface area contributed by atoms with E-state index in [-0.39, 0.29) is 4.90 Å². The number of carbonyl (C=O) groups excluding carboxylic acids is 1. The highest BCUT2D eigenvalue weighted by atomic mass is 35.5. The fraction of sp³-hybridized carbons (Fsp3) is 0.211. The second-order valence-corrected chi connectivity index (χ2v) is 11.5. The predicted octanol–water partition coefficient (Wildman–Crippen LogP) is 4.53. The third-order valence-corrected chi connectivity index (χ3v) is 7.69. The number of amides is 1. The molecule has 2 aromatic carbocycles. The smallest absolute Gasteiger partial charge is 0.264 e. The highest BCUT2D eigenvalue weighted by Gasteiger charge is 2.27. The van der Waals surface area contributed by atoms with Gasteiger partial charge in [-0.1, -0.05) is 66.7 Å². The first-order valence-electron chi connectivity index (χ1n) is 8.89. The average molecular weight is 483 g/mol. The summed E-state index contributed by atoms with van der Waals surface area (Å²) in [6.07, 6.45) is 0. The Hall–Kier alpha value is -2.14. The van der Waals surface area contributed by atoms with Crippen LogP contribution < -0.4 is 9.62 Å². The molecule has 0 aliphatic heterocycles. The highest BCUT2D eigenvalue weighted by Crippen LogP contribution is 2.29. The predicted molar refractivity (Wildman–Crippen MR) is 122 cm³/mol. The standard InChI is InChI=1S/C19H19ClN4O3S3/c1-13(2)28-19-23-22-18(29-19)21-17(25)12-24(15-10-8-14(20)9-11-15)30(26,27)16-6-4-3-5-7-16/h3-11,13H,12H2,1-2H3,(H,21,22,25). The average Bonchev–Trinajstić information content (AvgIpc) is 3.13. The molecule has 1 heterocycles. The fourth-order valence-electron chi connectivity index (χ4n) is 2.44. The second kappa shape index (κ2) is 9.78. The van der Waals surface area contributed by atoms with Gasteiger partial charge in [0.1, 0.15) is 6.54 Å². The Morgan fingerprint density at radius 1 is 1.13 bits per heavy atom. The number of thioether (sulfide) groups is 1. The molecule has 0 bridgehead atoms. The molecule has 1 amide bonds.